The van der Waals surface area contributed by atoms with Gasteiger partial charge in [0.25, 0.3) is 0 Å². The zero-order chi connectivity index (χ0) is 15.1. The predicted octanol–water partition coefficient (Wildman–Crippen LogP) is 2.35. The first-order valence-corrected chi connectivity index (χ1v) is 7.63. The minimum Gasteiger partial charge on any atom is -0.364 e. The minimum atomic E-state index is 0.698. The Balaban J connectivity index is 2.15. The van der Waals surface area contributed by atoms with Crippen LogP contribution < -0.4 is 10.6 Å². The SMILES string of the molecule is CCCn1ncnc1CN(CCCN)c1ccc(C)cc1. The highest BCUT2D eigenvalue weighted by atomic mass is 15.3. The van der Waals surface area contributed by atoms with Crippen LogP contribution in [-0.2, 0) is 13.1 Å². The summed E-state index contributed by atoms with van der Waals surface area (Å²) in [5.74, 6) is 1.01. The number of hydrogen-bond acceptors (Lipinski definition) is 4. The molecule has 0 radical (unpaired) electrons. The lowest BCUT2D eigenvalue weighted by molar-refractivity contribution is 0.559. The Morgan fingerprint density at radius 1 is 1.24 bits per heavy atom. The van der Waals surface area contributed by atoms with E-state index < -0.39 is 0 Å². The number of anilines is 1. The maximum Gasteiger partial charge on any atom is 0.146 e. The van der Waals surface area contributed by atoms with E-state index in [1.165, 1.54) is 11.3 Å². The molecular formula is C16H25N5. The van der Waals surface area contributed by atoms with Crippen molar-refractivity contribution in [2.45, 2.75) is 39.8 Å². The Hall–Kier alpha value is -1.88. The van der Waals surface area contributed by atoms with Crippen molar-refractivity contribution in [3.63, 3.8) is 0 Å². The minimum absolute atomic E-state index is 0.698. The van der Waals surface area contributed by atoms with E-state index in [9.17, 15) is 0 Å². The largest absolute Gasteiger partial charge is 0.364 e. The van der Waals surface area contributed by atoms with Crippen molar-refractivity contribution in [1.29, 1.82) is 0 Å². The molecule has 0 saturated heterocycles. The lowest BCUT2D eigenvalue weighted by Gasteiger charge is -2.24. The van der Waals surface area contributed by atoms with Gasteiger partial charge in [-0.1, -0.05) is 24.6 Å². The van der Waals surface area contributed by atoms with Crippen molar-refractivity contribution in [3.8, 4) is 0 Å². The highest BCUT2D eigenvalue weighted by Gasteiger charge is 2.11. The van der Waals surface area contributed by atoms with E-state index in [2.05, 4.69) is 53.1 Å². The Labute approximate surface area is 126 Å². The number of aromatic nitrogens is 3. The van der Waals surface area contributed by atoms with Crippen molar-refractivity contribution >= 4 is 5.69 Å². The Morgan fingerprint density at radius 2 is 2.00 bits per heavy atom. The predicted molar refractivity (Wildman–Crippen MR) is 86.2 cm³/mol. The van der Waals surface area contributed by atoms with Gasteiger partial charge in [-0.25, -0.2) is 9.67 Å². The van der Waals surface area contributed by atoms with Crippen molar-refractivity contribution in [1.82, 2.24) is 14.8 Å². The second-order valence-corrected chi connectivity index (χ2v) is 5.30. The molecule has 0 aliphatic rings. The maximum atomic E-state index is 5.67. The third kappa shape index (κ3) is 4.29. The van der Waals surface area contributed by atoms with Gasteiger partial charge >= 0.3 is 0 Å². The zero-order valence-corrected chi connectivity index (χ0v) is 13.0. The lowest BCUT2D eigenvalue weighted by Crippen LogP contribution is -2.27. The van der Waals surface area contributed by atoms with Gasteiger partial charge in [-0.2, -0.15) is 5.10 Å². The Bertz CT molecular complexity index is 532. The van der Waals surface area contributed by atoms with E-state index in [4.69, 9.17) is 5.73 Å². The quantitative estimate of drug-likeness (QED) is 0.809. The van der Waals surface area contributed by atoms with E-state index in [0.717, 1.165) is 38.3 Å². The molecule has 2 N–H and O–H groups in total. The van der Waals surface area contributed by atoms with E-state index >= 15 is 0 Å². The molecule has 5 heteroatoms. The first kappa shape index (κ1) is 15.5. The molecule has 1 aromatic carbocycles. The number of rotatable bonds is 8. The molecule has 21 heavy (non-hydrogen) atoms. The van der Waals surface area contributed by atoms with Gasteiger partial charge < -0.3 is 10.6 Å². The molecule has 0 bridgehead atoms. The summed E-state index contributed by atoms with van der Waals surface area (Å²) < 4.78 is 1.99. The average Bonchev–Trinajstić information content (AvgIpc) is 2.92. The van der Waals surface area contributed by atoms with Crippen molar-refractivity contribution in [2.24, 2.45) is 5.73 Å². The van der Waals surface area contributed by atoms with Gasteiger partial charge in [0.05, 0.1) is 6.54 Å². The van der Waals surface area contributed by atoms with Crippen LogP contribution in [0.3, 0.4) is 0 Å². The van der Waals surface area contributed by atoms with Crippen LogP contribution in [0.4, 0.5) is 5.69 Å². The monoisotopic (exact) mass is 287 g/mol. The first-order valence-electron chi connectivity index (χ1n) is 7.63. The van der Waals surface area contributed by atoms with Crippen molar-refractivity contribution in [3.05, 3.63) is 42.0 Å². The molecule has 0 saturated carbocycles. The molecule has 1 aromatic heterocycles. The Morgan fingerprint density at radius 3 is 2.67 bits per heavy atom. The maximum absolute atomic E-state index is 5.67. The van der Waals surface area contributed by atoms with Gasteiger partial charge in [0, 0.05) is 18.8 Å². The number of aryl methyl sites for hydroxylation is 2. The third-order valence-electron chi connectivity index (χ3n) is 3.49. The number of nitrogens with two attached hydrogens (primary N) is 1. The zero-order valence-electron chi connectivity index (χ0n) is 13.0. The van der Waals surface area contributed by atoms with Crippen LogP contribution >= 0.6 is 0 Å². The van der Waals surface area contributed by atoms with Crippen LogP contribution in [0.15, 0.2) is 30.6 Å². The smallest absolute Gasteiger partial charge is 0.146 e. The summed E-state index contributed by atoms with van der Waals surface area (Å²) in [5, 5.41) is 4.30. The summed E-state index contributed by atoms with van der Waals surface area (Å²) >= 11 is 0. The molecule has 0 spiro atoms. The van der Waals surface area contributed by atoms with Crippen LogP contribution in [0, 0.1) is 6.92 Å². The standard InChI is InChI=1S/C16H25N5/c1-3-10-21-16(18-13-19-21)12-20(11-4-9-17)15-7-5-14(2)6-8-15/h5-8,13H,3-4,9-12,17H2,1-2H3. The first-order chi connectivity index (χ1) is 10.2. The average molecular weight is 287 g/mol. The van der Waals surface area contributed by atoms with E-state index in [-0.39, 0.29) is 0 Å². The topological polar surface area (TPSA) is 60.0 Å². The Kier molecular flexibility index (Phi) is 5.75. The van der Waals surface area contributed by atoms with Crippen LogP contribution in [0.2, 0.25) is 0 Å². The number of nitrogens with zero attached hydrogens (tertiary/aromatic N) is 4. The molecular weight excluding hydrogens is 262 g/mol. The van der Waals surface area contributed by atoms with Gasteiger partial charge in [0.2, 0.25) is 0 Å². The summed E-state index contributed by atoms with van der Waals surface area (Å²) in [6.07, 6.45) is 3.67. The fraction of sp³-hybridized carbons (Fsp3) is 0.500. The van der Waals surface area contributed by atoms with Crippen LogP contribution in [0.25, 0.3) is 0 Å². The summed E-state index contributed by atoms with van der Waals surface area (Å²) in [5.41, 5.74) is 8.15. The van der Waals surface area contributed by atoms with Crippen LogP contribution in [-0.4, -0.2) is 27.9 Å². The normalized spacial score (nSPS) is 10.8. The molecule has 1 heterocycles. The molecule has 2 aromatic rings. The van der Waals surface area contributed by atoms with Crippen molar-refractivity contribution < 1.29 is 0 Å². The molecule has 0 atom stereocenters. The van der Waals surface area contributed by atoms with E-state index in [1.807, 2.05) is 4.68 Å². The van der Waals surface area contributed by atoms with Gasteiger partial charge in [-0.3, -0.25) is 0 Å². The fourth-order valence-electron chi connectivity index (χ4n) is 2.32. The molecule has 0 amide bonds. The summed E-state index contributed by atoms with van der Waals surface area (Å²) in [6, 6.07) is 8.60. The highest BCUT2D eigenvalue weighted by Crippen LogP contribution is 2.17. The van der Waals surface area contributed by atoms with Gasteiger partial charge in [0.15, 0.2) is 0 Å². The molecule has 2 rings (SSSR count). The highest BCUT2D eigenvalue weighted by molar-refractivity contribution is 5.47. The molecule has 0 unspecified atom stereocenters. The second-order valence-electron chi connectivity index (χ2n) is 5.30. The summed E-state index contributed by atoms with van der Waals surface area (Å²) in [4.78, 5) is 6.73. The van der Waals surface area contributed by atoms with Gasteiger partial charge in [-0.15, -0.1) is 0 Å². The van der Waals surface area contributed by atoms with E-state index in [0.29, 0.717) is 6.54 Å². The van der Waals surface area contributed by atoms with Crippen LogP contribution in [0.5, 0.6) is 0 Å². The molecule has 0 aliphatic heterocycles. The lowest BCUT2D eigenvalue weighted by atomic mass is 10.2. The second kappa shape index (κ2) is 7.78. The molecule has 0 aliphatic carbocycles. The molecule has 114 valence electrons. The summed E-state index contributed by atoms with van der Waals surface area (Å²) in [6.45, 7) is 7.56. The third-order valence-corrected chi connectivity index (χ3v) is 3.49. The van der Waals surface area contributed by atoms with E-state index in [1.54, 1.807) is 6.33 Å². The summed E-state index contributed by atoms with van der Waals surface area (Å²) in [7, 11) is 0. The fourth-order valence-corrected chi connectivity index (χ4v) is 2.32. The number of benzene rings is 1. The molecule has 0 fully saturated rings. The van der Waals surface area contributed by atoms with Gasteiger partial charge in [-0.05, 0) is 38.4 Å². The van der Waals surface area contributed by atoms with Gasteiger partial charge in [0.1, 0.15) is 12.2 Å². The molecule has 5 nitrogen and oxygen atoms in total. The van der Waals surface area contributed by atoms with Crippen molar-refractivity contribution in [2.75, 3.05) is 18.0 Å². The van der Waals surface area contributed by atoms with Crippen LogP contribution in [0.1, 0.15) is 31.2 Å². The number of hydrogen-bond donors (Lipinski definition) is 1.